The summed E-state index contributed by atoms with van der Waals surface area (Å²) in [5.74, 6) is -0.0181. The van der Waals surface area contributed by atoms with Crippen molar-refractivity contribution in [3.05, 3.63) is 42.1 Å². The van der Waals surface area contributed by atoms with Crippen molar-refractivity contribution in [2.45, 2.75) is 25.0 Å². The highest BCUT2D eigenvalue weighted by atomic mass is 16.5. The van der Waals surface area contributed by atoms with Crippen molar-refractivity contribution >= 4 is 5.91 Å². The topological polar surface area (TPSA) is 69.7 Å². The Morgan fingerprint density at radius 2 is 2.33 bits per heavy atom. The number of hydrogen-bond donors (Lipinski definition) is 0. The van der Waals surface area contributed by atoms with Crippen molar-refractivity contribution in [3.8, 4) is 0 Å². The van der Waals surface area contributed by atoms with E-state index in [9.17, 15) is 4.79 Å². The van der Waals surface area contributed by atoms with Crippen molar-refractivity contribution in [2.75, 3.05) is 26.9 Å². The Bertz CT molecular complexity index is 653. The second-order valence-corrected chi connectivity index (χ2v) is 6.00. The van der Waals surface area contributed by atoms with Crippen LogP contribution in [0.3, 0.4) is 0 Å². The molecule has 3 heterocycles. The molecular weight excluding hydrogens is 310 g/mol. The van der Waals surface area contributed by atoms with Crippen LogP contribution in [0.4, 0.5) is 0 Å². The minimum Gasteiger partial charge on any atom is -0.472 e. The Labute approximate surface area is 141 Å². The molecule has 0 saturated carbocycles. The number of aromatic nitrogens is 2. The van der Waals surface area contributed by atoms with Crippen LogP contribution in [-0.4, -0.2) is 59.6 Å². The van der Waals surface area contributed by atoms with Gasteiger partial charge in [-0.1, -0.05) is 0 Å². The minimum absolute atomic E-state index is 0.00351. The summed E-state index contributed by atoms with van der Waals surface area (Å²) in [6, 6.07) is 1.68. The summed E-state index contributed by atoms with van der Waals surface area (Å²) < 4.78 is 17.8. The SMILES string of the molecule is COCCO[C@H]1CCN(C(=O)c2ccoc2)[C@@H]1Cc1cnn(C)c1. The Kier molecular flexibility index (Phi) is 5.32. The number of amides is 1. The van der Waals surface area contributed by atoms with Crippen LogP contribution in [0.2, 0.25) is 0 Å². The first-order valence-electron chi connectivity index (χ1n) is 8.10. The number of ether oxygens (including phenoxy) is 2. The maximum absolute atomic E-state index is 12.8. The molecule has 1 aliphatic heterocycles. The smallest absolute Gasteiger partial charge is 0.257 e. The van der Waals surface area contributed by atoms with E-state index in [2.05, 4.69) is 5.10 Å². The fourth-order valence-corrected chi connectivity index (χ4v) is 3.17. The highest BCUT2D eigenvalue weighted by Gasteiger charge is 2.38. The van der Waals surface area contributed by atoms with Crippen LogP contribution in [-0.2, 0) is 22.9 Å². The number of rotatable bonds is 7. The molecule has 2 aromatic heterocycles. The summed E-state index contributed by atoms with van der Waals surface area (Å²) in [5, 5.41) is 4.22. The molecule has 2 aromatic rings. The van der Waals surface area contributed by atoms with E-state index < -0.39 is 0 Å². The van der Waals surface area contributed by atoms with Crippen LogP contribution in [0, 0.1) is 0 Å². The number of carbonyl (C=O) groups excluding carboxylic acids is 1. The van der Waals surface area contributed by atoms with Gasteiger partial charge in [0.15, 0.2) is 0 Å². The number of nitrogens with zero attached hydrogens (tertiary/aromatic N) is 3. The second kappa shape index (κ2) is 7.63. The standard InChI is InChI=1S/C17H23N3O4/c1-19-11-13(10-18-19)9-15-16(24-8-7-22-2)3-5-20(15)17(21)14-4-6-23-12-14/h4,6,10-12,15-16H,3,5,7-9H2,1-2H3/t15-,16+/m1/s1. The van der Waals surface area contributed by atoms with Gasteiger partial charge in [0, 0.05) is 26.9 Å². The number of hydrogen-bond acceptors (Lipinski definition) is 5. The van der Waals surface area contributed by atoms with E-state index in [4.69, 9.17) is 13.9 Å². The average molecular weight is 333 g/mol. The van der Waals surface area contributed by atoms with Crippen LogP contribution >= 0.6 is 0 Å². The lowest BCUT2D eigenvalue weighted by Gasteiger charge is -2.27. The first-order chi connectivity index (χ1) is 11.7. The first-order valence-corrected chi connectivity index (χ1v) is 8.10. The van der Waals surface area contributed by atoms with Crippen LogP contribution < -0.4 is 0 Å². The monoisotopic (exact) mass is 333 g/mol. The fourth-order valence-electron chi connectivity index (χ4n) is 3.17. The maximum Gasteiger partial charge on any atom is 0.257 e. The molecule has 130 valence electrons. The molecule has 0 aliphatic carbocycles. The first kappa shape index (κ1) is 16.7. The molecule has 1 fully saturated rings. The molecule has 1 aliphatic rings. The lowest BCUT2D eigenvalue weighted by Crippen LogP contribution is -2.42. The van der Waals surface area contributed by atoms with E-state index in [1.54, 1.807) is 17.9 Å². The summed E-state index contributed by atoms with van der Waals surface area (Å²) in [7, 11) is 3.54. The van der Waals surface area contributed by atoms with Crippen molar-refractivity contribution in [1.82, 2.24) is 14.7 Å². The summed E-state index contributed by atoms with van der Waals surface area (Å²) >= 11 is 0. The molecule has 0 N–H and O–H groups in total. The van der Waals surface area contributed by atoms with Gasteiger partial charge in [0.05, 0.1) is 43.4 Å². The van der Waals surface area contributed by atoms with Crippen molar-refractivity contribution in [3.63, 3.8) is 0 Å². The van der Waals surface area contributed by atoms with Gasteiger partial charge in [-0.15, -0.1) is 0 Å². The lowest BCUT2D eigenvalue weighted by atomic mass is 10.0. The molecule has 0 radical (unpaired) electrons. The van der Waals surface area contributed by atoms with Gasteiger partial charge < -0.3 is 18.8 Å². The van der Waals surface area contributed by atoms with Gasteiger partial charge in [0.25, 0.3) is 5.91 Å². The summed E-state index contributed by atoms with van der Waals surface area (Å²) in [4.78, 5) is 14.6. The molecule has 0 aromatic carbocycles. The van der Waals surface area contributed by atoms with E-state index in [1.807, 2.05) is 24.3 Å². The number of aryl methyl sites for hydroxylation is 1. The normalized spacial score (nSPS) is 20.7. The molecule has 7 heteroatoms. The molecular formula is C17H23N3O4. The van der Waals surface area contributed by atoms with Gasteiger partial charge in [0.1, 0.15) is 6.26 Å². The zero-order chi connectivity index (χ0) is 16.9. The molecule has 24 heavy (non-hydrogen) atoms. The predicted molar refractivity (Wildman–Crippen MR) is 86.7 cm³/mol. The Hall–Kier alpha value is -2.12. The quantitative estimate of drug-likeness (QED) is 0.718. The van der Waals surface area contributed by atoms with Crippen LogP contribution in [0.5, 0.6) is 0 Å². The van der Waals surface area contributed by atoms with Gasteiger partial charge in [0.2, 0.25) is 0 Å². The molecule has 7 nitrogen and oxygen atoms in total. The molecule has 1 amide bonds. The third-order valence-electron chi connectivity index (χ3n) is 4.34. The molecule has 0 spiro atoms. The summed E-state index contributed by atoms with van der Waals surface area (Å²) in [5.41, 5.74) is 1.67. The van der Waals surface area contributed by atoms with Crippen molar-refractivity contribution in [1.29, 1.82) is 0 Å². The van der Waals surface area contributed by atoms with Crippen molar-refractivity contribution in [2.24, 2.45) is 7.05 Å². The van der Waals surface area contributed by atoms with Crippen molar-refractivity contribution < 1.29 is 18.7 Å². The van der Waals surface area contributed by atoms with Gasteiger partial charge in [-0.25, -0.2) is 0 Å². The average Bonchev–Trinajstić information content (AvgIpc) is 3.30. The minimum atomic E-state index is -0.0199. The van der Waals surface area contributed by atoms with Crippen LogP contribution in [0.25, 0.3) is 0 Å². The maximum atomic E-state index is 12.8. The molecule has 3 rings (SSSR count). The van der Waals surface area contributed by atoms with Gasteiger partial charge in [-0.2, -0.15) is 5.10 Å². The third kappa shape index (κ3) is 3.68. The number of carbonyl (C=O) groups is 1. The zero-order valence-electron chi connectivity index (χ0n) is 14.1. The predicted octanol–water partition coefficient (Wildman–Crippen LogP) is 1.50. The largest absolute Gasteiger partial charge is 0.472 e. The Morgan fingerprint density at radius 3 is 3.00 bits per heavy atom. The highest BCUT2D eigenvalue weighted by Crippen LogP contribution is 2.26. The second-order valence-electron chi connectivity index (χ2n) is 6.00. The van der Waals surface area contributed by atoms with E-state index in [0.717, 1.165) is 18.4 Å². The van der Waals surface area contributed by atoms with Gasteiger partial charge >= 0.3 is 0 Å². The number of methoxy groups -OCH3 is 1. The van der Waals surface area contributed by atoms with E-state index in [1.165, 1.54) is 12.5 Å². The zero-order valence-corrected chi connectivity index (χ0v) is 14.1. The summed E-state index contributed by atoms with van der Waals surface area (Å²) in [6.45, 7) is 1.75. The Balaban J connectivity index is 1.75. The molecule has 1 saturated heterocycles. The molecule has 0 bridgehead atoms. The molecule has 0 unspecified atom stereocenters. The lowest BCUT2D eigenvalue weighted by molar-refractivity contribution is 0.000484. The highest BCUT2D eigenvalue weighted by molar-refractivity contribution is 5.94. The van der Waals surface area contributed by atoms with Gasteiger partial charge in [-0.05, 0) is 24.5 Å². The van der Waals surface area contributed by atoms with E-state index >= 15 is 0 Å². The fraction of sp³-hybridized carbons (Fsp3) is 0.529. The number of furan rings is 1. The van der Waals surface area contributed by atoms with E-state index in [-0.39, 0.29) is 18.1 Å². The van der Waals surface area contributed by atoms with Crippen LogP contribution in [0.1, 0.15) is 22.3 Å². The van der Waals surface area contributed by atoms with Gasteiger partial charge in [-0.3, -0.25) is 9.48 Å². The van der Waals surface area contributed by atoms with Crippen LogP contribution in [0.15, 0.2) is 35.4 Å². The third-order valence-corrected chi connectivity index (χ3v) is 4.34. The van der Waals surface area contributed by atoms with E-state index in [0.29, 0.717) is 25.3 Å². The molecule has 2 atom stereocenters. The Morgan fingerprint density at radius 1 is 1.46 bits per heavy atom. The summed E-state index contributed by atoms with van der Waals surface area (Å²) in [6.07, 6.45) is 8.36. The number of likely N-dealkylation sites (tertiary alicyclic amines) is 1.